The molecule has 2 rings (SSSR count). The van der Waals surface area contributed by atoms with Gasteiger partial charge in [-0.2, -0.15) is 0 Å². The van der Waals surface area contributed by atoms with E-state index < -0.39 is 0 Å². The van der Waals surface area contributed by atoms with Crippen LogP contribution in [0.15, 0.2) is 54.6 Å². The third kappa shape index (κ3) is 8.55. The van der Waals surface area contributed by atoms with Crippen LogP contribution < -0.4 is 20.1 Å². The van der Waals surface area contributed by atoms with Crippen molar-refractivity contribution >= 4 is 28.9 Å². The quantitative estimate of drug-likeness (QED) is 0.464. The van der Waals surface area contributed by atoms with Gasteiger partial charge in [-0.3, -0.25) is 4.79 Å². The van der Waals surface area contributed by atoms with Gasteiger partial charge in [0.15, 0.2) is 5.11 Å². The summed E-state index contributed by atoms with van der Waals surface area (Å²) >= 11 is 5.17. The molecule has 0 aliphatic heterocycles. The number of hydrogen-bond acceptors (Lipinski definition) is 4. The zero-order valence-electron chi connectivity index (χ0n) is 15.6. The summed E-state index contributed by atoms with van der Waals surface area (Å²) in [5.74, 6) is 1.51. The van der Waals surface area contributed by atoms with E-state index in [1.807, 2.05) is 54.6 Å². The first kappa shape index (κ1) is 20.7. The fourth-order valence-electron chi connectivity index (χ4n) is 2.36. The van der Waals surface area contributed by atoms with Crippen molar-refractivity contribution in [2.24, 2.45) is 0 Å². The lowest BCUT2D eigenvalue weighted by Gasteiger charge is -2.11. The third-order valence-corrected chi connectivity index (χ3v) is 3.94. The van der Waals surface area contributed by atoms with Crippen molar-refractivity contribution in [3.63, 3.8) is 0 Å². The van der Waals surface area contributed by atoms with Crippen LogP contribution >= 0.6 is 12.2 Å². The average molecular weight is 387 g/mol. The Morgan fingerprint density at radius 3 is 2.19 bits per heavy atom. The molecule has 144 valence electrons. The number of rotatable bonds is 10. The molecule has 5 nitrogen and oxygen atoms in total. The first-order valence-electron chi connectivity index (χ1n) is 9.19. The molecule has 2 N–H and O–H groups in total. The molecule has 0 aliphatic carbocycles. The van der Waals surface area contributed by atoms with Crippen LogP contribution in [0.5, 0.6) is 11.5 Å². The second-order valence-electron chi connectivity index (χ2n) is 5.99. The first-order valence-corrected chi connectivity index (χ1v) is 9.59. The van der Waals surface area contributed by atoms with E-state index in [0.717, 1.165) is 36.4 Å². The highest BCUT2D eigenvalue weighted by Gasteiger charge is 2.05. The van der Waals surface area contributed by atoms with Crippen molar-refractivity contribution in [1.29, 1.82) is 0 Å². The van der Waals surface area contributed by atoms with Crippen LogP contribution in [0.25, 0.3) is 0 Å². The number of anilines is 1. The standard InChI is InChI=1S/C21H26N2O3S/c1-2-3-5-10-20(24)23-21(27)22-17-11-13-19(14-12-17)26-16-15-25-18-8-6-4-7-9-18/h4,6-9,11-14H,2-3,5,10,15-16H2,1H3,(H2,22,23,24,27). The predicted molar refractivity (Wildman–Crippen MR) is 112 cm³/mol. The molecule has 2 aromatic rings. The van der Waals surface area contributed by atoms with E-state index in [-0.39, 0.29) is 5.91 Å². The molecular formula is C21H26N2O3S. The highest BCUT2D eigenvalue weighted by atomic mass is 32.1. The van der Waals surface area contributed by atoms with Gasteiger partial charge >= 0.3 is 0 Å². The maximum atomic E-state index is 11.8. The minimum atomic E-state index is -0.0562. The molecule has 0 heterocycles. The molecule has 0 saturated heterocycles. The number of para-hydroxylation sites is 1. The van der Waals surface area contributed by atoms with E-state index in [2.05, 4.69) is 17.6 Å². The molecule has 0 spiro atoms. The number of ether oxygens (including phenoxy) is 2. The Kier molecular flexibility index (Phi) is 9.13. The van der Waals surface area contributed by atoms with Gasteiger partial charge in [-0.1, -0.05) is 38.0 Å². The monoisotopic (exact) mass is 386 g/mol. The maximum absolute atomic E-state index is 11.8. The van der Waals surface area contributed by atoms with Gasteiger partial charge in [0.1, 0.15) is 24.7 Å². The van der Waals surface area contributed by atoms with Gasteiger partial charge < -0.3 is 20.1 Å². The van der Waals surface area contributed by atoms with E-state index in [9.17, 15) is 4.79 Å². The molecule has 27 heavy (non-hydrogen) atoms. The van der Waals surface area contributed by atoms with Crippen molar-refractivity contribution in [1.82, 2.24) is 5.32 Å². The van der Waals surface area contributed by atoms with E-state index in [1.165, 1.54) is 0 Å². The molecule has 0 bridgehead atoms. The van der Waals surface area contributed by atoms with Crippen LogP contribution in [0.1, 0.15) is 32.6 Å². The lowest BCUT2D eigenvalue weighted by atomic mass is 10.2. The predicted octanol–water partition coefficient (Wildman–Crippen LogP) is 4.54. The summed E-state index contributed by atoms with van der Waals surface area (Å²) in [4.78, 5) is 11.8. The molecule has 0 radical (unpaired) electrons. The molecule has 0 unspecified atom stereocenters. The largest absolute Gasteiger partial charge is 0.490 e. The van der Waals surface area contributed by atoms with Gasteiger partial charge in [-0.25, -0.2) is 0 Å². The Labute approximate surface area is 166 Å². The van der Waals surface area contributed by atoms with E-state index in [0.29, 0.717) is 24.7 Å². The molecule has 0 aliphatic rings. The van der Waals surface area contributed by atoms with Gasteiger partial charge in [0.25, 0.3) is 0 Å². The molecular weight excluding hydrogens is 360 g/mol. The van der Waals surface area contributed by atoms with Gasteiger partial charge in [0.2, 0.25) is 5.91 Å². The van der Waals surface area contributed by atoms with Crippen LogP contribution in [0.2, 0.25) is 0 Å². The minimum Gasteiger partial charge on any atom is -0.490 e. The highest BCUT2D eigenvalue weighted by molar-refractivity contribution is 7.80. The molecule has 2 aromatic carbocycles. The van der Waals surface area contributed by atoms with Crippen molar-refractivity contribution in [2.75, 3.05) is 18.5 Å². The zero-order chi connectivity index (χ0) is 19.3. The normalized spacial score (nSPS) is 10.1. The lowest BCUT2D eigenvalue weighted by molar-refractivity contribution is -0.119. The number of carbonyl (C=O) groups excluding carboxylic acids is 1. The van der Waals surface area contributed by atoms with Gasteiger partial charge in [-0.05, 0) is 55.0 Å². The molecule has 0 saturated carbocycles. The van der Waals surface area contributed by atoms with Crippen LogP contribution in [-0.2, 0) is 4.79 Å². The van der Waals surface area contributed by atoms with Gasteiger partial charge in [0.05, 0.1) is 0 Å². The molecule has 6 heteroatoms. The van der Waals surface area contributed by atoms with Crippen LogP contribution in [0, 0.1) is 0 Å². The molecule has 0 aromatic heterocycles. The van der Waals surface area contributed by atoms with E-state index in [1.54, 1.807) is 0 Å². The SMILES string of the molecule is CCCCCC(=O)NC(=S)Nc1ccc(OCCOc2ccccc2)cc1. The summed E-state index contributed by atoms with van der Waals surface area (Å²) in [7, 11) is 0. The van der Waals surface area contributed by atoms with E-state index in [4.69, 9.17) is 21.7 Å². The molecule has 0 fully saturated rings. The van der Waals surface area contributed by atoms with Crippen molar-refractivity contribution in [2.45, 2.75) is 32.6 Å². The molecule has 0 atom stereocenters. The number of amides is 1. The summed E-state index contributed by atoms with van der Waals surface area (Å²) in [5, 5.41) is 6.00. The zero-order valence-corrected chi connectivity index (χ0v) is 16.4. The molecule has 1 amide bonds. The summed E-state index contributed by atoms with van der Waals surface area (Å²) in [6.07, 6.45) is 3.51. The smallest absolute Gasteiger partial charge is 0.226 e. The number of thiocarbonyl (C=S) groups is 1. The van der Waals surface area contributed by atoms with E-state index >= 15 is 0 Å². The number of nitrogens with one attached hydrogen (secondary N) is 2. The van der Waals surface area contributed by atoms with Gasteiger partial charge in [0, 0.05) is 12.1 Å². The first-order chi connectivity index (χ1) is 13.2. The number of hydrogen-bond donors (Lipinski definition) is 2. The van der Waals surface area contributed by atoms with Crippen molar-refractivity contribution in [3.05, 3.63) is 54.6 Å². The van der Waals surface area contributed by atoms with Crippen molar-refractivity contribution in [3.8, 4) is 11.5 Å². The highest BCUT2D eigenvalue weighted by Crippen LogP contribution is 2.16. The number of unbranched alkanes of at least 4 members (excludes halogenated alkanes) is 2. The second-order valence-corrected chi connectivity index (χ2v) is 6.40. The van der Waals surface area contributed by atoms with Crippen LogP contribution in [0.4, 0.5) is 5.69 Å². The van der Waals surface area contributed by atoms with Crippen LogP contribution in [0.3, 0.4) is 0 Å². The number of carbonyl (C=O) groups is 1. The fraction of sp³-hybridized carbons (Fsp3) is 0.333. The fourth-order valence-corrected chi connectivity index (χ4v) is 2.59. The Morgan fingerprint density at radius 2 is 1.56 bits per heavy atom. The third-order valence-electron chi connectivity index (χ3n) is 3.74. The Hall–Kier alpha value is -2.60. The lowest BCUT2D eigenvalue weighted by Crippen LogP contribution is -2.33. The minimum absolute atomic E-state index is 0.0562. The topological polar surface area (TPSA) is 59.6 Å². The maximum Gasteiger partial charge on any atom is 0.226 e. The van der Waals surface area contributed by atoms with Crippen LogP contribution in [-0.4, -0.2) is 24.2 Å². The Bertz CT molecular complexity index is 705. The Morgan fingerprint density at radius 1 is 0.926 bits per heavy atom. The van der Waals surface area contributed by atoms with Crippen molar-refractivity contribution < 1.29 is 14.3 Å². The Balaban J connectivity index is 1.66. The summed E-state index contributed by atoms with van der Waals surface area (Å²) in [6.45, 7) is 3.03. The summed E-state index contributed by atoms with van der Waals surface area (Å²) in [6, 6.07) is 17.0. The van der Waals surface area contributed by atoms with Gasteiger partial charge in [-0.15, -0.1) is 0 Å². The second kappa shape index (κ2) is 11.9. The summed E-state index contributed by atoms with van der Waals surface area (Å²) in [5.41, 5.74) is 0.793. The average Bonchev–Trinajstić information content (AvgIpc) is 2.67. The number of benzene rings is 2. The summed E-state index contributed by atoms with van der Waals surface area (Å²) < 4.78 is 11.2.